The van der Waals surface area contributed by atoms with Gasteiger partial charge < -0.3 is 9.64 Å². The van der Waals surface area contributed by atoms with Gasteiger partial charge in [0.2, 0.25) is 10.0 Å². The molecular formula is C18H29N3O4S. The predicted molar refractivity (Wildman–Crippen MR) is 101 cm³/mol. The Bertz CT molecular complexity index is 764. The number of hydrogen-bond acceptors (Lipinski definition) is 5. The Kier molecular flexibility index (Phi) is 6.31. The van der Waals surface area contributed by atoms with Crippen LogP contribution in [0.15, 0.2) is 23.1 Å². The molecule has 26 heavy (non-hydrogen) atoms. The van der Waals surface area contributed by atoms with Crippen molar-refractivity contribution in [1.29, 1.82) is 0 Å². The molecule has 1 amide bonds. The number of likely N-dealkylation sites (N-methyl/N-ethyl adjacent to an activating group) is 1. The number of hydrogen-bond donors (Lipinski definition) is 1. The van der Waals surface area contributed by atoms with Crippen LogP contribution in [0.4, 0.5) is 0 Å². The van der Waals surface area contributed by atoms with Crippen LogP contribution in [0.25, 0.3) is 0 Å². The molecule has 1 aliphatic heterocycles. The highest BCUT2D eigenvalue weighted by molar-refractivity contribution is 7.89. The standard InChI is InChI=1S/C18H29N3O4S/c1-12(2)19-26(23,24)17-11-15(7-8-16(17)25-6)18(22)21-10-9-20(5)13(3)14(21)4/h7-8,11-14,19H,9-10H2,1-6H3/t13-,14-/m1/s1. The van der Waals surface area contributed by atoms with Gasteiger partial charge in [-0.25, -0.2) is 13.1 Å². The fourth-order valence-electron chi connectivity index (χ4n) is 3.15. The van der Waals surface area contributed by atoms with Crippen LogP contribution in [0.1, 0.15) is 38.1 Å². The number of carbonyl (C=O) groups is 1. The number of methoxy groups -OCH3 is 1. The molecule has 1 N–H and O–H groups in total. The van der Waals surface area contributed by atoms with Crippen molar-refractivity contribution in [2.24, 2.45) is 0 Å². The topological polar surface area (TPSA) is 79.0 Å². The van der Waals surface area contributed by atoms with Crippen molar-refractivity contribution in [3.63, 3.8) is 0 Å². The molecule has 0 aromatic heterocycles. The summed E-state index contributed by atoms with van der Waals surface area (Å²) in [5.41, 5.74) is 0.346. The molecule has 0 bridgehead atoms. The average molecular weight is 384 g/mol. The number of carbonyl (C=O) groups excluding carboxylic acids is 1. The maximum Gasteiger partial charge on any atom is 0.254 e. The fraction of sp³-hybridized carbons (Fsp3) is 0.611. The second kappa shape index (κ2) is 7.94. The second-order valence-electron chi connectivity index (χ2n) is 7.10. The Hall–Kier alpha value is -1.64. The summed E-state index contributed by atoms with van der Waals surface area (Å²) in [7, 11) is -0.324. The molecule has 7 nitrogen and oxygen atoms in total. The molecule has 0 spiro atoms. The molecular weight excluding hydrogens is 354 g/mol. The van der Waals surface area contributed by atoms with Gasteiger partial charge in [0.25, 0.3) is 5.91 Å². The van der Waals surface area contributed by atoms with Gasteiger partial charge in [0.1, 0.15) is 10.6 Å². The lowest BCUT2D eigenvalue weighted by molar-refractivity contribution is 0.0363. The molecule has 2 rings (SSSR count). The Morgan fingerprint density at radius 2 is 1.88 bits per heavy atom. The summed E-state index contributed by atoms with van der Waals surface area (Å²) in [6.07, 6.45) is 0. The first kappa shape index (κ1) is 20.7. The Morgan fingerprint density at radius 3 is 2.46 bits per heavy atom. The van der Waals surface area contributed by atoms with E-state index in [0.717, 1.165) is 6.54 Å². The lowest BCUT2D eigenvalue weighted by Gasteiger charge is -2.43. The first-order chi connectivity index (χ1) is 12.1. The number of sulfonamides is 1. The van der Waals surface area contributed by atoms with Crippen molar-refractivity contribution < 1.29 is 17.9 Å². The zero-order valence-corrected chi connectivity index (χ0v) is 17.1. The Balaban J connectivity index is 2.39. The normalized spacial score (nSPS) is 21.9. The molecule has 146 valence electrons. The van der Waals surface area contributed by atoms with Crippen LogP contribution in [0.5, 0.6) is 5.75 Å². The summed E-state index contributed by atoms with van der Waals surface area (Å²) in [5.74, 6) is 0.0515. The third-order valence-corrected chi connectivity index (χ3v) is 6.61. The van der Waals surface area contributed by atoms with Crippen LogP contribution in [-0.4, -0.2) is 69.5 Å². The van der Waals surface area contributed by atoms with E-state index in [0.29, 0.717) is 12.1 Å². The number of nitrogens with zero attached hydrogens (tertiary/aromatic N) is 2. The van der Waals surface area contributed by atoms with E-state index in [2.05, 4.69) is 16.5 Å². The van der Waals surface area contributed by atoms with E-state index in [9.17, 15) is 13.2 Å². The van der Waals surface area contributed by atoms with Gasteiger partial charge in [-0.3, -0.25) is 9.69 Å². The minimum atomic E-state index is -3.78. The van der Waals surface area contributed by atoms with E-state index in [1.165, 1.54) is 19.2 Å². The Morgan fingerprint density at radius 1 is 1.23 bits per heavy atom. The van der Waals surface area contributed by atoms with Gasteiger partial charge in [-0.15, -0.1) is 0 Å². The van der Waals surface area contributed by atoms with Crippen molar-refractivity contribution in [1.82, 2.24) is 14.5 Å². The van der Waals surface area contributed by atoms with E-state index in [1.807, 2.05) is 14.0 Å². The van der Waals surface area contributed by atoms with Gasteiger partial charge in [0.15, 0.2) is 0 Å². The molecule has 1 fully saturated rings. The number of nitrogens with one attached hydrogen (secondary N) is 1. The summed E-state index contributed by atoms with van der Waals surface area (Å²) >= 11 is 0. The van der Waals surface area contributed by atoms with E-state index in [-0.39, 0.29) is 34.7 Å². The van der Waals surface area contributed by atoms with Gasteiger partial charge >= 0.3 is 0 Å². The number of rotatable bonds is 5. The molecule has 8 heteroatoms. The van der Waals surface area contributed by atoms with E-state index in [1.54, 1.807) is 24.8 Å². The average Bonchev–Trinajstić information content (AvgIpc) is 2.57. The van der Waals surface area contributed by atoms with Crippen molar-refractivity contribution in [2.45, 2.75) is 50.7 Å². The maximum atomic E-state index is 13.0. The molecule has 0 saturated carbocycles. The lowest BCUT2D eigenvalue weighted by Crippen LogP contribution is -2.57. The molecule has 1 saturated heterocycles. The molecule has 0 aliphatic carbocycles. The molecule has 1 aromatic carbocycles. The van der Waals surface area contributed by atoms with Gasteiger partial charge in [-0.05, 0) is 52.9 Å². The van der Waals surface area contributed by atoms with Crippen LogP contribution < -0.4 is 9.46 Å². The number of piperazine rings is 1. The van der Waals surface area contributed by atoms with Crippen LogP contribution in [0, 0.1) is 0 Å². The minimum absolute atomic E-state index is 0.0191. The van der Waals surface area contributed by atoms with Gasteiger partial charge in [-0.2, -0.15) is 0 Å². The molecule has 0 radical (unpaired) electrons. The van der Waals surface area contributed by atoms with Crippen LogP contribution >= 0.6 is 0 Å². The van der Waals surface area contributed by atoms with E-state index < -0.39 is 10.0 Å². The van der Waals surface area contributed by atoms with Crippen LogP contribution in [0.3, 0.4) is 0 Å². The Labute approximate surface area is 156 Å². The monoisotopic (exact) mass is 383 g/mol. The number of ether oxygens (including phenoxy) is 1. The zero-order chi connectivity index (χ0) is 19.6. The van der Waals surface area contributed by atoms with Gasteiger partial charge in [-0.1, -0.05) is 0 Å². The van der Waals surface area contributed by atoms with E-state index >= 15 is 0 Å². The molecule has 1 aromatic rings. The molecule has 1 aliphatic rings. The molecule has 0 unspecified atom stereocenters. The second-order valence-corrected chi connectivity index (χ2v) is 8.78. The smallest absolute Gasteiger partial charge is 0.254 e. The number of amides is 1. The van der Waals surface area contributed by atoms with E-state index in [4.69, 9.17) is 4.74 Å². The van der Waals surface area contributed by atoms with Crippen molar-refractivity contribution in [3.05, 3.63) is 23.8 Å². The molecule has 1 heterocycles. The SMILES string of the molecule is COc1ccc(C(=O)N2CCN(C)[C@H](C)[C@H]2C)cc1S(=O)(=O)NC(C)C. The maximum absolute atomic E-state index is 13.0. The third kappa shape index (κ3) is 4.19. The van der Waals surface area contributed by atoms with Crippen LogP contribution in [0.2, 0.25) is 0 Å². The van der Waals surface area contributed by atoms with Crippen molar-refractivity contribution >= 4 is 15.9 Å². The highest BCUT2D eigenvalue weighted by atomic mass is 32.2. The fourth-order valence-corrected chi connectivity index (χ4v) is 4.59. The largest absolute Gasteiger partial charge is 0.495 e. The predicted octanol–water partition coefficient (Wildman–Crippen LogP) is 1.55. The quantitative estimate of drug-likeness (QED) is 0.835. The highest BCUT2D eigenvalue weighted by Crippen LogP contribution is 2.27. The van der Waals surface area contributed by atoms with Crippen molar-refractivity contribution in [2.75, 3.05) is 27.2 Å². The van der Waals surface area contributed by atoms with Gasteiger partial charge in [0.05, 0.1) is 7.11 Å². The summed E-state index contributed by atoms with van der Waals surface area (Å²) in [6, 6.07) is 4.57. The first-order valence-corrected chi connectivity index (χ1v) is 10.3. The minimum Gasteiger partial charge on any atom is -0.495 e. The summed E-state index contributed by atoms with van der Waals surface area (Å²) < 4.78 is 33.0. The molecule has 2 atom stereocenters. The summed E-state index contributed by atoms with van der Waals surface area (Å²) in [5, 5.41) is 0. The number of benzene rings is 1. The summed E-state index contributed by atoms with van der Waals surface area (Å²) in [6.45, 7) is 8.98. The zero-order valence-electron chi connectivity index (χ0n) is 16.3. The van der Waals surface area contributed by atoms with Crippen LogP contribution in [-0.2, 0) is 10.0 Å². The highest BCUT2D eigenvalue weighted by Gasteiger charge is 2.32. The lowest BCUT2D eigenvalue weighted by atomic mass is 10.0. The first-order valence-electron chi connectivity index (χ1n) is 8.80. The van der Waals surface area contributed by atoms with Crippen molar-refractivity contribution in [3.8, 4) is 5.75 Å². The summed E-state index contributed by atoms with van der Waals surface area (Å²) in [4.78, 5) is 17.0. The van der Waals surface area contributed by atoms with Gasteiger partial charge in [0, 0.05) is 36.8 Å². The third-order valence-electron chi connectivity index (χ3n) is 4.93.